The van der Waals surface area contributed by atoms with E-state index in [0.29, 0.717) is 31.1 Å². The van der Waals surface area contributed by atoms with Crippen molar-refractivity contribution in [1.82, 2.24) is 20.0 Å². The van der Waals surface area contributed by atoms with Crippen molar-refractivity contribution in [3.05, 3.63) is 60.1 Å². The second-order valence-corrected chi connectivity index (χ2v) is 14.1. The third-order valence-corrected chi connectivity index (χ3v) is 10.8. The molecule has 0 bridgehead atoms. The Morgan fingerprint density at radius 1 is 1.11 bits per heavy atom. The lowest BCUT2D eigenvalue weighted by Crippen LogP contribution is -2.63. The number of aromatic nitrogens is 2. The number of methoxy groups -OCH3 is 1. The minimum Gasteiger partial charge on any atom is -0.496 e. The number of thiazole rings is 1. The number of hydrogen-bond acceptors (Lipinski definition) is 7. The molecule has 1 aliphatic heterocycles. The highest BCUT2D eigenvalue weighted by atomic mass is 32.1. The summed E-state index contributed by atoms with van der Waals surface area (Å²) in [7, 11) is 1.66. The average Bonchev–Trinajstić information content (AvgIpc) is 3.34. The van der Waals surface area contributed by atoms with Crippen LogP contribution in [0, 0.1) is 24.7 Å². The van der Waals surface area contributed by atoms with Gasteiger partial charge in [-0.15, -0.1) is 24.5 Å². The highest BCUT2D eigenvalue weighted by Crippen LogP contribution is 2.53. The van der Waals surface area contributed by atoms with Crippen LogP contribution in [0.1, 0.15) is 76.5 Å². The minimum absolute atomic E-state index is 0.0325. The number of amides is 2. The van der Waals surface area contributed by atoms with Gasteiger partial charge >= 0.3 is 0 Å². The Hall–Kier alpha value is -3.72. The van der Waals surface area contributed by atoms with E-state index in [2.05, 4.69) is 39.3 Å². The van der Waals surface area contributed by atoms with E-state index in [1.165, 1.54) is 0 Å². The zero-order chi connectivity index (χ0) is 32.0. The lowest BCUT2D eigenvalue weighted by atomic mass is 9.90. The zero-order valence-corrected chi connectivity index (χ0v) is 27.9. The highest BCUT2D eigenvalue weighted by Gasteiger charge is 2.62. The van der Waals surface area contributed by atoms with Gasteiger partial charge in [0.1, 0.15) is 28.3 Å². The summed E-state index contributed by atoms with van der Waals surface area (Å²) in [6, 6.07) is 5.87. The molecule has 238 valence electrons. The first-order valence-electron chi connectivity index (χ1n) is 16.1. The molecule has 0 N–H and O–H groups in total. The molecule has 3 aromatic rings. The predicted molar refractivity (Wildman–Crippen MR) is 178 cm³/mol. The van der Waals surface area contributed by atoms with Gasteiger partial charge in [-0.3, -0.25) is 14.6 Å². The Bertz CT molecular complexity index is 1650. The number of fused-ring (bicyclic) bond motifs is 2. The molecule has 45 heavy (non-hydrogen) atoms. The van der Waals surface area contributed by atoms with Crippen LogP contribution in [0.4, 0.5) is 0 Å². The van der Waals surface area contributed by atoms with Gasteiger partial charge in [0, 0.05) is 34.9 Å². The summed E-state index contributed by atoms with van der Waals surface area (Å²) in [5.74, 6) is 1.19. The number of unbranched alkanes of at least 4 members (excludes halogenated alkanes) is 2. The fourth-order valence-electron chi connectivity index (χ4n) is 7.11. The highest BCUT2D eigenvalue weighted by molar-refractivity contribution is 7.13. The lowest BCUT2D eigenvalue weighted by Gasteiger charge is -2.47. The summed E-state index contributed by atoms with van der Waals surface area (Å²) in [5, 5.41) is 7.33. The predicted octanol–water partition coefficient (Wildman–Crippen LogP) is 7.48. The Balaban J connectivity index is 1.32. The molecule has 3 heterocycles. The molecule has 0 spiro atoms. The number of rotatable bonds is 12. The Morgan fingerprint density at radius 3 is 2.51 bits per heavy atom. The summed E-state index contributed by atoms with van der Waals surface area (Å²) in [6.45, 7) is 16.7. The molecule has 0 radical (unpaired) electrons. The van der Waals surface area contributed by atoms with Gasteiger partial charge in [0.2, 0.25) is 11.8 Å². The van der Waals surface area contributed by atoms with Crippen molar-refractivity contribution in [2.24, 2.45) is 17.8 Å². The Morgan fingerprint density at radius 2 is 1.87 bits per heavy atom. The van der Waals surface area contributed by atoms with E-state index in [1.54, 1.807) is 28.5 Å². The van der Waals surface area contributed by atoms with E-state index < -0.39 is 17.4 Å². The van der Waals surface area contributed by atoms with Crippen LogP contribution in [0.25, 0.3) is 21.6 Å². The molecule has 5 atom stereocenters. The fourth-order valence-corrected chi connectivity index (χ4v) is 8.05. The molecule has 6 rings (SSSR count). The molecule has 8 nitrogen and oxygen atoms in total. The molecule has 3 aliphatic rings. The van der Waals surface area contributed by atoms with E-state index >= 15 is 0 Å². The van der Waals surface area contributed by atoms with Crippen LogP contribution in [0.2, 0.25) is 0 Å². The van der Waals surface area contributed by atoms with Crippen molar-refractivity contribution < 1.29 is 19.1 Å². The van der Waals surface area contributed by atoms with Crippen molar-refractivity contribution in [3.63, 3.8) is 0 Å². The second-order valence-electron chi connectivity index (χ2n) is 13.3. The number of carbonyl (C=O) groups excluding carboxylic acids is 2. The van der Waals surface area contributed by atoms with Crippen molar-refractivity contribution in [2.75, 3.05) is 13.7 Å². The van der Waals surface area contributed by atoms with Gasteiger partial charge in [0.25, 0.3) is 0 Å². The third kappa shape index (κ3) is 5.53. The first kappa shape index (κ1) is 31.3. The van der Waals surface area contributed by atoms with Gasteiger partial charge in [-0.05, 0) is 70.4 Å². The summed E-state index contributed by atoms with van der Waals surface area (Å²) in [4.78, 5) is 38.2. The van der Waals surface area contributed by atoms with E-state index in [1.807, 2.05) is 37.3 Å². The molecule has 2 aliphatic carbocycles. The summed E-state index contributed by atoms with van der Waals surface area (Å²) in [5.41, 5.74) is 3.07. The van der Waals surface area contributed by atoms with Crippen molar-refractivity contribution in [2.45, 2.75) is 83.8 Å². The molecular weight excluding hydrogens is 584 g/mol. The normalized spacial score (nSPS) is 26.0. The SMILES string of the molecule is C=CCCCCN1C(=O)[C@@H]2C[C@H](Oc3cc(-c4nc(C(C)C)cs4)nc4c(C)c(OC)ccc34)C[C@H]2C(=O)N1[C@]1(C)C[C@H]1C=C. The van der Waals surface area contributed by atoms with Crippen LogP contribution in [0.15, 0.2) is 48.9 Å². The standard InChI is InChI=1S/C36H44N4O4S/c1-8-10-11-12-15-39-34(41)26-16-24(17-27(26)35(42)40(39)36(6)19-23(36)9-2)44-31-18-28(33-38-29(20-45-33)21(3)4)37-32-22(5)30(43-7)14-13-25(31)32/h8-9,13-14,18,20-21,23-24,26-27H,1-2,10-12,15-17,19H2,3-7H3/t23-,24+,26-,27-,36-/m1/s1. The minimum atomic E-state index is -0.411. The smallest absolute Gasteiger partial charge is 0.245 e. The van der Waals surface area contributed by atoms with E-state index in [9.17, 15) is 9.59 Å². The van der Waals surface area contributed by atoms with Gasteiger partial charge in [-0.2, -0.15) is 0 Å². The lowest BCUT2D eigenvalue weighted by molar-refractivity contribution is -0.189. The molecule has 2 saturated carbocycles. The average molecular weight is 629 g/mol. The largest absolute Gasteiger partial charge is 0.496 e. The van der Waals surface area contributed by atoms with Crippen LogP contribution < -0.4 is 9.47 Å². The Kier molecular flexibility index (Phi) is 8.50. The fraction of sp³-hybridized carbons (Fsp3) is 0.500. The second kappa shape index (κ2) is 12.2. The van der Waals surface area contributed by atoms with Crippen molar-refractivity contribution in [1.29, 1.82) is 0 Å². The van der Waals surface area contributed by atoms with Gasteiger partial charge in [0.05, 0.1) is 35.7 Å². The molecular formula is C36H44N4O4S. The number of benzene rings is 1. The first-order chi connectivity index (χ1) is 21.6. The maximum atomic E-state index is 14.2. The number of carbonyl (C=O) groups is 2. The number of ether oxygens (including phenoxy) is 2. The number of aryl methyl sites for hydroxylation is 1. The van der Waals surface area contributed by atoms with Gasteiger partial charge in [-0.1, -0.05) is 26.0 Å². The molecule has 2 aromatic heterocycles. The number of hydrogen-bond donors (Lipinski definition) is 0. The van der Waals surface area contributed by atoms with Gasteiger partial charge in [0.15, 0.2) is 0 Å². The number of nitrogens with zero attached hydrogens (tertiary/aromatic N) is 4. The van der Waals surface area contributed by atoms with Crippen LogP contribution in [-0.2, 0) is 9.59 Å². The van der Waals surface area contributed by atoms with Crippen LogP contribution >= 0.6 is 11.3 Å². The quantitative estimate of drug-likeness (QED) is 0.153. The maximum Gasteiger partial charge on any atom is 0.245 e. The summed E-state index contributed by atoms with van der Waals surface area (Å²) < 4.78 is 12.4. The van der Waals surface area contributed by atoms with Crippen LogP contribution in [0.3, 0.4) is 0 Å². The topological polar surface area (TPSA) is 84.9 Å². The van der Waals surface area contributed by atoms with E-state index in [-0.39, 0.29) is 23.8 Å². The van der Waals surface area contributed by atoms with Crippen LogP contribution in [0.5, 0.6) is 11.5 Å². The van der Waals surface area contributed by atoms with E-state index in [0.717, 1.165) is 64.3 Å². The maximum absolute atomic E-state index is 14.2. The van der Waals surface area contributed by atoms with Gasteiger partial charge < -0.3 is 9.47 Å². The molecule has 2 amide bonds. The number of hydrazine groups is 1. The number of allylic oxidation sites excluding steroid dienone is 1. The Labute approximate surface area is 270 Å². The summed E-state index contributed by atoms with van der Waals surface area (Å²) >= 11 is 1.57. The summed E-state index contributed by atoms with van der Waals surface area (Å²) in [6.07, 6.45) is 7.96. The molecule has 9 heteroatoms. The molecule has 3 fully saturated rings. The molecule has 1 saturated heterocycles. The van der Waals surface area contributed by atoms with Crippen molar-refractivity contribution >= 4 is 34.1 Å². The molecule has 0 unspecified atom stereocenters. The van der Waals surface area contributed by atoms with Crippen molar-refractivity contribution in [3.8, 4) is 22.2 Å². The third-order valence-electron chi connectivity index (χ3n) is 9.92. The van der Waals surface area contributed by atoms with E-state index in [4.69, 9.17) is 19.4 Å². The van der Waals surface area contributed by atoms with Gasteiger partial charge in [-0.25, -0.2) is 15.0 Å². The number of pyridine rings is 1. The van der Waals surface area contributed by atoms with Crippen LogP contribution in [-0.4, -0.2) is 57.1 Å². The first-order valence-corrected chi connectivity index (χ1v) is 17.0. The molecule has 1 aromatic carbocycles. The monoisotopic (exact) mass is 628 g/mol. The zero-order valence-electron chi connectivity index (χ0n) is 27.0.